The van der Waals surface area contributed by atoms with E-state index in [1.165, 1.54) is 29.3 Å². The van der Waals surface area contributed by atoms with Crippen LogP contribution in [0.15, 0.2) is 29.2 Å². The van der Waals surface area contributed by atoms with Crippen molar-refractivity contribution in [2.75, 3.05) is 19.3 Å². The summed E-state index contributed by atoms with van der Waals surface area (Å²) in [6.45, 7) is 4.00. The molecule has 1 rings (SSSR count). The zero-order valence-electron chi connectivity index (χ0n) is 11.4. The molecule has 0 saturated heterocycles. The van der Waals surface area contributed by atoms with Gasteiger partial charge in [-0.25, -0.2) is 0 Å². The first-order valence-electron chi connectivity index (χ1n) is 6.08. The normalized spacial score (nSPS) is 10.5. The van der Waals surface area contributed by atoms with Crippen LogP contribution in [0.1, 0.15) is 25.3 Å². The quantitative estimate of drug-likeness (QED) is 0.814. The lowest BCUT2D eigenvalue weighted by molar-refractivity contribution is -0.142. The van der Waals surface area contributed by atoms with Crippen molar-refractivity contribution in [2.45, 2.75) is 24.7 Å². The van der Waals surface area contributed by atoms with E-state index in [1.54, 1.807) is 0 Å². The topological polar surface area (TPSA) is 57.6 Å². The molecule has 0 fully saturated rings. The van der Waals surface area contributed by atoms with E-state index in [2.05, 4.69) is 26.0 Å². The highest BCUT2D eigenvalue weighted by Crippen LogP contribution is 2.21. The highest BCUT2D eigenvalue weighted by atomic mass is 32.2. The lowest BCUT2D eigenvalue weighted by Crippen LogP contribution is -2.33. The van der Waals surface area contributed by atoms with Crippen LogP contribution >= 0.6 is 11.8 Å². The van der Waals surface area contributed by atoms with Gasteiger partial charge in [0.1, 0.15) is 6.54 Å². The minimum Gasteiger partial charge on any atom is -0.480 e. The number of carbonyl (C=O) groups excluding carboxylic acids is 1. The second-order valence-corrected chi connectivity index (χ2v) is 5.70. The Balaban J connectivity index is 2.48. The van der Waals surface area contributed by atoms with Crippen molar-refractivity contribution in [2.24, 2.45) is 0 Å². The first-order chi connectivity index (χ1) is 8.90. The molecule has 0 spiro atoms. The van der Waals surface area contributed by atoms with E-state index in [0.29, 0.717) is 5.92 Å². The molecule has 1 amide bonds. The standard InChI is InChI=1S/C14H19NO3S/c1-10(2)11-4-6-12(7-5-11)19-9-13(16)15(3)8-14(17)18/h4-7,10H,8-9H2,1-3H3,(H,17,18). The van der Waals surface area contributed by atoms with Crippen LogP contribution in [0.4, 0.5) is 0 Å². The van der Waals surface area contributed by atoms with Crippen molar-refractivity contribution in [3.63, 3.8) is 0 Å². The molecule has 1 aromatic rings. The van der Waals surface area contributed by atoms with Gasteiger partial charge < -0.3 is 10.0 Å². The number of aliphatic carboxylic acids is 1. The van der Waals surface area contributed by atoms with Gasteiger partial charge in [-0.05, 0) is 23.6 Å². The molecule has 0 aliphatic carbocycles. The highest BCUT2D eigenvalue weighted by molar-refractivity contribution is 8.00. The highest BCUT2D eigenvalue weighted by Gasteiger charge is 2.12. The monoisotopic (exact) mass is 281 g/mol. The number of rotatable bonds is 6. The molecule has 0 unspecified atom stereocenters. The fourth-order valence-electron chi connectivity index (χ4n) is 1.50. The number of hydrogen-bond donors (Lipinski definition) is 1. The zero-order valence-corrected chi connectivity index (χ0v) is 12.2. The average Bonchev–Trinajstić information content (AvgIpc) is 2.35. The number of amides is 1. The molecule has 1 aromatic carbocycles. The number of nitrogens with zero attached hydrogens (tertiary/aromatic N) is 1. The Kier molecular flexibility index (Phi) is 5.89. The Hall–Kier alpha value is -1.49. The summed E-state index contributed by atoms with van der Waals surface area (Å²) >= 11 is 1.42. The minimum absolute atomic E-state index is 0.180. The molecular weight excluding hydrogens is 262 g/mol. The molecule has 0 saturated carbocycles. The van der Waals surface area contributed by atoms with E-state index < -0.39 is 5.97 Å². The van der Waals surface area contributed by atoms with E-state index in [-0.39, 0.29) is 18.2 Å². The van der Waals surface area contributed by atoms with Gasteiger partial charge >= 0.3 is 5.97 Å². The Morgan fingerprint density at radius 1 is 1.26 bits per heavy atom. The number of thioether (sulfide) groups is 1. The maximum Gasteiger partial charge on any atom is 0.323 e. The van der Waals surface area contributed by atoms with Gasteiger partial charge in [-0.1, -0.05) is 26.0 Å². The molecule has 0 bridgehead atoms. The summed E-state index contributed by atoms with van der Waals surface area (Å²) in [4.78, 5) is 24.4. The zero-order chi connectivity index (χ0) is 14.4. The van der Waals surface area contributed by atoms with Gasteiger partial charge in [0.25, 0.3) is 0 Å². The van der Waals surface area contributed by atoms with Crippen LogP contribution in [0.3, 0.4) is 0 Å². The Labute approximate surface area is 117 Å². The summed E-state index contributed by atoms with van der Waals surface area (Å²) < 4.78 is 0. The molecule has 0 aromatic heterocycles. The molecule has 0 radical (unpaired) electrons. The van der Waals surface area contributed by atoms with Crippen molar-refractivity contribution in [3.8, 4) is 0 Å². The fourth-order valence-corrected chi connectivity index (χ4v) is 2.33. The molecule has 0 atom stereocenters. The average molecular weight is 281 g/mol. The van der Waals surface area contributed by atoms with Gasteiger partial charge in [-0.2, -0.15) is 0 Å². The Morgan fingerprint density at radius 3 is 2.32 bits per heavy atom. The summed E-state index contributed by atoms with van der Waals surface area (Å²) in [5.41, 5.74) is 1.26. The molecular formula is C14H19NO3S. The van der Waals surface area contributed by atoms with Crippen molar-refractivity contribution in [1.29, 1.82) is 0 Å². The van der Waals surface area contributed by atoms with E-state index in [9.17, 15) is 9.59 Å². The van der Waals surface area contributed by atoms with Gasteiger partial charge in [-0.3, -0.25) is 9.59 Å². The third kappa shape index (κ3) is 5.34. The van der Waals surface area contributed by atoms with Gasteiger partial charge in [0.05, 0.1) is 5.75 Å². The third-order valence-corrected chi connectivity index (χ3v) is 3.70. The van der Waals surface area contributed by atoms with Gasteiger partial charge in [0.15, 0.2) is 0 Å². The third-order valence-electron chi connectivity index (χ3n) is 2.71. The Bertz CT molecular complexity index is 443. The van der Waals surface area contributed by atoms with Crippen molar-refractivity contribution in [3.05, 3.63) is 29.8 Å². The largest absolute Gasteiger partial charge is 0.480 e. The summed E-state index contributed by atoms with van der Waals surface area (Å²) in [6.07, 6.45) is 0. The summed E-state index contributed by atoms with van der Waals surface area (Å²) in [7, 11) is 1.50. The predicted octanol–water partition coefficient (Wildman–Crippen LogP) is 2.45. The maximum atomic E-state index is 11.7. The number of benzene rings is 1. The van der Waals surface area contributed by atoms with E-state index in [1.807, 2.05) is 12.1 Å². The SMILES string of the molecule is CC(C)c1ccc(SCC(=O)N(C)CC(=O)O)cc1. The minimum atomic E-state index is -0.998. The van der Waals surface area contributed by atoms with E-state index in [0.717, 1.165) is 4.90 Å². The van der Waals surface area contributed by atoms with Gasteiger partial charge in [-0.15, -0.1) is 11.8 Å². The molecule has 104 valence electrons. The summed E-state index contributed by atoms with van der Waals surface area (Å²) in [6, 6.07) is 8.09. The van der Waals surface area contributed by atoms with Crippen LogP contribution in [-0.4, -0.2) is 41.2 Å². The van der Waals surface area contributed by atoms with E-state index in [4.69, 9.17) is 5.11 Å². The Morgan fingerprint density at radius 2 is 1.84 bits per heavy atom. The second kappa shape index (κ2) is 7.19. The van der Waals surface area contributed by atoms with Crippen molar-refractivity contribution in [1.82, 2.24) is 4.90 Å². The van der Waals surface area contributed by atoms with E-state index >= 15 is 0 Å². The molecule has 19 heavy (non-hydrogen) atoms. The lowest BCUT2D eigenvalue weighted by atomic mass is 10.0. The number of carbonyl (C=O) groups is 2. The molecule has 4 nitrogen and oxygen atoms in total. The van der Waals surface area contributed by atoms with Crippen LogP contribution in [0.5, 0.6) is 0 Å². The number of hydrogen-bond acceptors (Lipinski definition) is 3. The molecule has 0 aliphatic heterocycles. The maximum absolute atomic E-state index is 11.7. The van der Waals surface area contributed by atoms with Crippen LogP contribution in [0.2, 0.25) is 0 Å². The second-order valence-electron chi connectivity index (χ2n) is 4.66. The lowest BCUT2D eigenvalue weighted by Gasteiger charge is -2.14. The van der Waals surface area contributed by atoms with Crippen molar-refractivity contribution < 1.29 is 14.7 Å². The number of likely N-dealkylation sites (N-methyl/N-ethyl adjacent to an activating group) is 1. The molecule has 1 N–H and O–H groups in total. The smallest absolute Gasteiger partial charge is 0.323 e. The predicted molar refractivity (Wildman–Crippen MR) is 76.5 cm³/mol. The van der Waals surface area contributed by atoms with Crippen LogP contribution < -0.4 is 0 Å². The van der Waals surface area contributed by atoms with Gasteiger partial charge in [0, 0.05) is 11.9 Å². The van der Waals surface area contributed by atoms with Gasteiger partial charge in [0.2, 0.25) is 5.91 Å². The van der Waals surface area contributed by atoms with Crippen LogP contribution in [-0.2, 0) is 9.59 Å². The molecule has 0 aliphatic rings. The molecule has 0 heterocycles. The summed E-state index contributed by atoms with van der Waals surface area (Å²) in [5.74, 6) is -0.435. The number of carboxylic acids is 1. The first-order valence-corrected chi connectivity index (χ1v) is 7.07. The van der Waals surface area contributed by atoms with Crippen LogP contribution in [0, 0.1) is 0 Å². The molecule has 5 heteroatoms. The fraction of sp³-hybridized carbons (Fsp3) is 0.429. The van der Waals surface area contributed by atoms with Crippen LogP contribution in [0.25, 0.3) is 0 Å². The number of carboxylic acid groups (broad SMARTS) is 1. The first kappa shape index (κ1) is 15.6. The summed E-state index contributed by atoms with van der Waals surface area (Å²) in [5, 5.41) is 8.60. The van der Waals surface area contributed by atoms with Crippen molar-refractivity contribution >= 4 is 23.6 Å².